The summed E-state index contributed by atoms with van der Waals surface area (Å²) in [6.45, 7) is 2.06. The predicted molar refractivity (Wildman–Crippen MR) is 80.7 cm³/mol. The molecule has 0 aliphatic carbocycles. The first-order valence-corrected chi connectivity index (χ1v) is 7.03. The average Bonchev–Trinajstić information content (AvgIpc) is 2.74. The maximum Gasteiger partial charge on any atom is 0.179 e. The molecule has 4 nitrogen and oxygen atoms in total. The minimum absolute atomic E-state index is 0.0381. The van der Waals surface area contributed by atoms with Gasteiger partial charge in [0.15, 0.2) is 10.4 Å². The molecule has 0 bridgehead atoms. The Balaban J connectivity index is 2.20. The van der Waals surface area contributed by atoms with E-state index < -0.39 is 0 Å². The fraction of sp³-hybridized carbons (Fsp3) is 0.154. The lowest BCUT2D eigenvalue weighted by Crippen LogP contribution is -2.09. The molecule has 1 N–H and O–H groups in total. The van der Waals surface area contributed by atoms with Crippen LogP contribution in [0.5, 0.6) is 0 Å². The van der Waals surface area contributed by atoms with Crippen molar-refractivity contribution in [2.45, 2.75) is 13.0 Å². The fourth-order valence-corrected chi connectivity index (χ4v) is 2.79. The van der Waals surface area contributed by atoms with Crippen LogP contribution < -0.4 is 0 Å². The van der Waals surface area contributed by atoms with E-state index >= 15 is 0 Å². The molecular weight excluding hydrogens is 324 g/mol. The number of nitrogens with zero attached hydrogens (tertiary/aromatic N) is 3. The minimum atomic E-state index is 0.0381. The Kier molecular flexibility index (Phi) is 3.20. The van der Waals surface area contributed by atoms with Gasteiger partial charge in [-0.05, 0) is 53.3 Å². The summed E-state index contributed by atoms with van der Waals surface area (Å²) in [6, 6.07) is 7.88. The van der Waals surface area contributed by atoms with Gasteiger partial charge in [0.25, 0.3) is 0 Å². The molecule has 3 aromatic rings. The quantitative estimate of drug-likeness (QED) is 0.724. The second kappa shape index (κ2) is 4.86. The molecule has 0 spiro atoms. The second-order valence-corrected chi connectivity index (χ2v) is 5.56. The van der Waals surface area contributed by atoms with Crippen LogP contribution in [0.1, 0.15) is 18.7 Å². The van der Waals surface area contributed by atoms with Crippen LogP contribution in [-0.4, -0.2) is 19.5 Å². The molecule has 0 aliphatic heterocycles. The van der Waals surface area contributed by atoms with Crippen LogP contribution in [0.25, 0.3) is 11.2 Å². The summed E-state index contributed by atoms with van der Waals surface area (Å²) >= 11 is 8.81. The van der Waals surface area contributed by atoms with Gasteiger partial charge in [-0.1, -0.05) is 6.07 Å². The Morgan fingerprint density at radius 3 is 2.95 bits per heavy atom. The van der Waals surface area contributed by atoms with Crippen LogP contribution in [0.15, 0.2) is 41.1 Å². The van der Waals surface area contributed by atoms with Crippen LogP contribution in [-0.2, 0) is 0 Å². The largest absolute Gasteiger partial charge is 0.329 e. The molecule has 3 heterocycles. The molecule has 3 rings (SSSR count). The number of fused-ring (bicyclic) bond motifs is 1. The van der Waals surface area contributed by atoms with Gasteiger partial charge in [0.05, 0.1) is 17.3 Å². The Morgan fingerprint density at radius 2 is 2.21 bits per heavy atom. The zero-order chi connectivity index (χ0) is 13.4. The molecule has 0 saturated heterocycles. The van der Waals surface area contributed by atoms with E-state index in [0.29, 0.717) is 4.77 Å². The van der Waals surface area contributed by atoms with E-state index in [1.54, 1.807) is 12.4 Å². The van der Waals surface area contributed by atoms with E-state index in [-0.39, 0.29) is 6.04 Å². The van der Waals surface area contributed by atoms with Crippen molar-refractivity contribution in [2.75, 3.05) is 0 Å². The number of pyridine rings is 2. The highest BCUT2D eigenvalue weighted by Gasteiger charge is 2.14. The van der Waals surface area contributed by atoms with Gasteiger partial charge < -0.3 is 4.98 Å². The lowest BCUT2D eigenvalue weighted by molar-refractivity contribution is 0.625. The Bertz CT molecular complexity index is 778. The third kappa shape index (κ3) is 2.21. The zero-order valence-corrected chi connectivity index (χ0v) is 12.6. The molecule has 0 saturated carbocycles. The number of imidazole rings is 1. The number of nitrogens with one attached hydrogen (secondary N) is 1. The van der Waals surface area contributed by atoms with E-state index in [1.165, 1.54) is 0 Å². The molecule has 0 amide bonds. The fourth-order valence-electron chi connectivity index (χ4n) is 2.10. The van der Waals surface area contributed by atoms with E-state index in [9.17, 15) is 0 Å². The molecule has 3 aromatic heterocycles. The average molecular weight is 335 g/mol. The van der Waals surface area contributed by atoms with Crippen molar-refractivity contribution in [3.8, 4) is 0 Å². The van der Waals surface area contributed by atoms with E-state index in [1.807, 2.05) is 28.8 Å². The van der Waals surface area contributed by atoms with Gasteiger partial charge in [0.2, 0.25) is 0 Å². The zero-order valence-electron chi connectivity index (χ0n) is 10.2. The molecule has 1 unspecified atom stereocenters. The highest BCUT2D eigenvalue weighted by molar-refractivity contribution is 9.10. The first-order chi connectivity index (χ1) is 9.16. The van der Waals surface area contributed by atoms with Crippen molar-refractivity contribution in [2.24, 2.45) is 0 Å². The summed E-state index contributed by atoms with van der Waals surface area (Å²) in [4.78, 5) is 12.0. The van der Waals surface area contributed by atoms with Crippen LogP contribution in [0.4, 0.5) is 0 Å². The van der Waals surface area contributed by atoms with Crippen molar-refractivity contribution in [3.05, 3.63) is 51.6 Å². The molecule has 0 aliphatic rings. The van der Waals surface area contributed by atoms with E-state index in [2.05, 4.69) is 37.8 Å². The number of rotatable bonds is 2. The molecule has 0 radical (unpaired) electrons. The van der Waals surface area contributed by atoms with Gasteiger partial charge in [-0.25, -0.2) is 4.98 Å². The summed E-state index contributed by atoms with van der Waals surface area (Å²) in [5.74, 6) is 0. The number of halogens is 1. The molecule has 0 aromatic carbocycles. The van der Waals surface area contributed by atoms with Crippen molar-refractivity contribution < 1.29 is 0 Å². The number of H-pyrrole nitrogens is 1. The van der Waals surface area contributed by atoms with Gasteiger partial charge >= 0.3 is 0 Å². The predicted octanol–water partition coefficient (Wildman–Crippen LogP) is 3.86. The molecular formula is C13H11BrN4S. The summed E-state index contributed by atoms with van der Waals surface area (Å²) < 4.78 is 3.56. The Hall–Kier alpha value is -1.53. The molecule has 0 fully saturated rings. The minimum Gasteiger partial charge on any atom is -0.329 e. The highest BCUT2D eigenvalue weighted by atomic mass is 79.9. The monoisotopic (exact) mass is 334 g/mol. The molecule has 1 atom stereocenters. The summed E-state index contributed by atoms with van der Waals surface area (Å²) in [5.41, 5.74) is 2.72. The first-order valence-electron chi connectivity index (χ1n) is 5.83. The normalized spacial score (nSPS) is 12.7. The number of hydrogen-bond acceptors (Lipinski definition) is 3. The van der Waals surface area contributed by atoms with Crippen molar-refractivity contribution >= 4 is 39.3 Å². The summed E-state index contributed by atoms with van der Waals surface area (Å²) in [7, 11) is 0. The van der Waals surface area contributed by atoms with Crippen molar-refractivity contribution in [1.29, 1.82) is 0 Å². The lowest BCUT2D eigenvalue weighted by Gasteiger charge is -2.13. The van der Waals surface area contributed by atoms with Crippen molar-refractivity contribution in [1.82, 2.24) is 19.5 Å². The van der Waals surface area contributed by atoms with Crippen molar-refractivity contribution in [3.63, 3.8) is 0 Å². The number of aromatic amines is 1. The smallest absolute Gasteiger partial charge is 0.179 e. The number of aromatic nitrogens is 4. The topological polar surface area (TPSA) is 46.5 Å². The van der Waals surface area contributed by atoms with Gasteiger partial charge in [-0.15, -0.1) is 0 Å². The van der Waals surface area contributed by atoms with Gasteiger partial charge in [0.1, 0.15) is 0 Å². The molecule has 96 valence electrons. The number of hydrogen-bond donors (Lipinski definition) is 1. The second-order valence-electron chi connectivity index (χ2n) is 4.26. The summed E-state index contributed by atoms with van der Waals surface area (Å²) in [6.07, 6.45) is 3.56. The van der Waals surface area contributed by atoms with Crippen LogP contribution >= 0.6 is 28.1 Å². The van der Waals surface area contributed by atoms with Crippen LogP contribution in [0, 0.1) is 4.77 Å². The Morgan fingerprint density at radius 1 is 1.37 bits per heavy atom. The van der Waals surface area contributed by atoms with Gasteiger partial charge in [-0.2, -0.15) is 0 Å². The third-order valence-corrected chi connectivity index (χ3v) is 3.76. The van der Waals surface area contributed by atoms with E-state index in [4.69, 9.17) is 12.2 Å². The lowest BCUT2D eigenvalue weighted by atomic mass is 10.2. The maximum atomic E-state index is 5.40. The van der Waals surface area contributed by atoms with Crippen LogP contribution in [0.2, 0.25) is 0 Å². The third-order valence-electron chi connectivity index (χ3n) is 3.02. The first kappa shape index (κ1) is 12.5. The molecule has 6 heteroatoms. The molecule has 19 heavy (non-hydrogen) atoms. The van der Waals surface area contributed by atoms with Gasteiger partial charge in [-0.3, -0.25) is 9.55 Å². The highest BCUT2D eigenvalue weighted by Crippen LogP contribution is 2.23. The van der Waals surface area contributed by atoms with Gasteiger partial charge in [0, 0.05) is 16.9 Å². The SMILES string of the molecule is CC(c1ccccn1)n1c(=S)[nH]c2cc(Br)cnc21. The maximum absolute atomic E-state index is 5.40. The summed E-state index contributed by atoms with van der Waals surface area (Å²) in [5, 5.41) is 0. The Labute approximate surface area is 123 Å². The van der Waals surface area contributed by atoms with E-state index in [0.717, 1.165) is 21.3 Å². The van der Waals surface area contributed by atoms with Crippen LogP contribution in [0.3, 0.4) is 0 Å². The standard InChI is InChI=1S/C13H11BrN4S/c1-8(10-4-2-3-5-15-10)18-12-11(17-13(18)19)6-9(14)7-16-12/h2-8H,1H3,(H,17,19).